The summed E-state index contributed by atoms with van der Waals surface area (Å²) in [5.41, 5.74) is 1.72. The van der Waals surface area contributed by atoms with E-state index in [2.05, 4.69) is 4.37 Å². The summed E-state index contributed by atoms with van der Waals surface area (Å²) >= 11 is 0. The Bertz CT molecular complexity index is 451. The number of hydrogen-bond donors (Lipinski definition) is 0. The Morgan fingerprint density at radius 2 is 2.21 bits per heavy atom. The number of halogens is 1. The van der Waals surface area contributed by atoms with Crippen LogP contribution >= 0.6 is 20.9 Å². The van der Waals surface area contributed by atoms with Gasteiger partial charge in [-0.05, 0) is 0 Å². The van der Waals surface area contributed by atoms with E-state index >= 15 is 0 Å². The molecule has 0 aromatic rings. The lowest BCUT2D eigenvalue weighted by atomic mass is 10.2. The molecule has 0 aromatic heterocycles. The van der Waals surface area contributed by atoms with E-state index < -0.39 is 0 Å². The SMILES string of the molecule is COc1cc2nssc-2cc1=[O+]C.[Cl-]. The molecule has 1 aliphatic heterocycles. The predicted molar refractivity (Wildman–Crippen MR) is 55.4 cm³/mol. The maximum atomic E-state index is 5.17. The topological polar surface area (TPSA) is 33.4 Å². The molecule has 1 heterocycles. The molecule has 76 valence electrons. The Balaban J connectivity index is 0.000000980. The van der Waals surface area contributed by atoms with Crippen molar-refractivity contribution in [2.75, 3.05) is 14.2 Å². The molecule has 0 aromatic carbocycles. The zero-order valence-corrected chi connectivity index (χ0v) is 10.0. The Kier molecular flexibility index (Phi) is 3.86. The predicted octanol–water partition coefficient (Wildman–Crippen LogP) is -1.15. The molecule has 0 fully saturated rings. The van der Waals surface area contributed by atoms with Crippen LogP contribution in [0.15, 0.2) is 16.6 Å². The summed E-state index contributed by atoms with van der Waals surface area (Å²) in [7, 11) is 6.36. The van der Waals surface area contributed by atoms with E-state index in [0.29, 0.717) is 0 Å². The van der Waals surface area contributed by atoms with Gasteiger partial charge in [0.2, 0.25) is 5.75 Å². The van der Waals surface area contributed by atoms with Crippen molar-refractivity contribution in [3.05, 3.63) is 22.0 Å². The van der Waals surface area contributed by atoms with Crippen molar-refractivity contribution in [2.45, 2.75) is 0 Å². The molecule has 2 rings (SSSR count). The molecule has 14 heavy (non-hydrogen) atoms. The second-order valence-corrected chi connectivity index (χ2v) is 4.31. The van der Waals surface area contributed by atoms with Gasteiger partial charge >= 0.3 is 5.43 Å². The van der Waals surface area contributed by atoms with E-state index in [1.54, 1.807) is 24.6 Å². The molecule has 0 N–H and O–H groups in total. The second-order valence-electron chi connectivity index (χ2n) is 2.42. The first-order valence-electron chi connectivity index (χ1n) is 3.66. The molecule has 0 amide bonds. The first-order valence-corrected chi connectivity index (χ1v) is 5.76. The first-order chi connectivity index (χ1) is 6.35. The van der Waals surface area contributed by atoms with Crippen LogP contribution in [0.25, 0.3) is 10.6 Å². The number of hydrogen-bond acceptors (Lipinski definition) is 4. The molecule has 0 unspecified atom stereocenters. The Hall–Kier alpha value is -0.650. The van der Waals surface area contributed by atoms with E-state index in [0.717, 1.165) is 21.7 Å². The third-order valence-corrected chi connectivity index (χ3v) is 3.57. The zero-order chi connectivity index (χ0) is 9.26. The fourth-order valence-electron chi connectivity index (χ4n) is 1.09. The van der Waals surface area contributed by atoms with Gasteiger partial charge in [-0.3, -0.25) is 4.42 Å². The second kappa shape index (κ2) is 4.72. The van der Waals surface area contributed by atoms with E-state index in [1.807, 2.05) is 12.1 Å². The monoisotopic (exact) mass is 249 g/mol. The average molecular weight is 250 g/mol. The van der Waals surface area contributed by atoms with Gasteiger partial charge in [-0.1, -0.05) is 10.3 Å². The largest absolute Gasteiger partial charge is 1.00 e. The number of fused-ring (bicyclic) bond motifs is 1. The third-order valence-electron chi connectivity index (χ3n) is 1.73. The van der Waals surface area contributed by atoms with Gasteiger partial charge in [0.15, 0.2) is 0 Å². The van der Waals surface area contributed by atoms with Crippen LogP contribution in [-0.4, -0.2) is 18.6 Å². The minimum absolute atomic E-state index is 0. The fourth-order valence-corrected chi connectivity index (χ4v) is 2.83. The molecule has 0 bridgehead atoms. The Labute approximate surface area is 95.0 Å². The molecule has 0 atom stereocenters. The molecule has 0 radical (unpaired) electrons. The number of aromatic nitrogens is 1. The van der Waals surface area contributed by atoms with Gasteiger partial charge in [0.25, 0.3) is 7.11 Å². The fraction of sp³-hybridized carbons (Fsp3) is 0.250. The van der Waals surface area contributed by atoms with Crippen LogP contribution in [0, 0.1) is 0 Å². The maximum absolute atomic E-state index is 5.17. The molecular formula is C8H8ClNO2S2. The van der Waals surface area contributed by atoms with E-state index in [-0.39, 0.29) is 12.4 Å². The van der Waals surface area contributed by atoms with Crippen molar-refractivity contribution in [2.24, 2.45) is 0 Å². The highest BCUT2D eigenvalue weighted by Gasteiger charge is 2.14. The number of ether oxygens (including phenoxy) is 1. The van der Waals surface area contributed by atoms with Crippen LogP contribution < -0.4 is 22.6 Å². The number of rotatable bonds is 1. The lowest BCUT2D eigenvalue weighted by Gasteiger charge is -1.96. The highest BCUT2D eigenvalue weighted by atomic mass is 35.5. The van der Waals surface area contributed by atoms with Crippen molar-refractivity contribution < 1.29 is 17.1 Å². The van der Waals surface area contributed by atoms with Crippen molar-refractivity contribution >= 4 is 20.9 Å². The molecule has 0 spiro atoms. The van der Waals surface area contributed by atoms with E-state index in [1.165, 1.54) is 10.5 Å². The number of methoxy groups -OCH3 is 1. The van der Waals surface area contributed by atoms with Crippen molar-refractivity contribution in [1.29, 1.82) is 0 Å². The van der Waals surface area contributed by atoms with Gasteiger partial charge in [-0.25, -0.2) is 0 Å². The van der Waals surface area contributed by atoms with Gasteiger partial charge in [0.05, 0.1) is 23.7 Å². The third kappa shape index (κ3) is 1.89. The van der Waals surface area contributed by atoms with Crippen molar-refractivity contribution in [3.63, 3.8) is 0 Å². The van der Waals surface area contributed by atoms with Gasteiger partial charge in [-0.15, -0.1) is 0 Å². The maximum Gasteiger partial charge on any atom is 0.386 e. The number of nitrogens with zero attached hydrogens (tertiary/aromatic N) is 1. The highest BCUT2D eigenvalue weighted by Crippen LogP contribution is 2.28. The van der Waals surface area contributed by atoms with Crippen LogP contribution in [0.4, 0.5) is 0 Å². The number of benzene rings is 1. The van der Waals surface area contributed by atoms with Gasteiger partial charge in [0.1, 0.15) is 0 Å². The summed E-state index contributed by atoms with van der Waals surface area (Å²) < 4.78 is 14.6. The Morgan fingerprint density at radius 3 is 2.86 bits per heavy atom. The van der Waals surface area contributed by atoms with Crippen LogP contribution in [0.1, 0.15) is 0 Å². The van der Waals surface area contributed by atoms with Gasteiger partial charge in [0, 0.05) is 16.6 Å². The summed E-state index contributed by atoms with van der Waals surface area (Å²) in [6.45, 7) is 0. The quantitative estimate of drug-likeness (QED) is 0.472. The normalized spacial score (nSPS) is 11.4. The molecule has 2 aliphatic rings. The Morgan fingerprint density at radius 1 is 1.43 bits per heavy atom. The van der Waals surface area contributed by atoms with E-state index in [4.69, 9.17) is 9.16 Å². The molecule has 3 nitrogen and oxygen atoms in total. The average Bonchev–Trinajstić information content (AvgIpc) is 2.62. The van der Waals surface area contributed by atoms with Crippen LogP contribution in [0.3, 0.4) is 0 Å². The summed E-state index contributed by atoms with van der Waals surface area (Å²) in [5, 5.41) is 0. The van der Waals surface area contributed by atoms with Crippen LogP contribution in [0.2, 0.25) is 0 Å². The van der Waals surface area contributed by atoms with Gasteiger partial charge in [-0.2, -0.15) is 4.37 Å². The smallest absolute Gasteiger partial charge is 0.386 e. The molecule has 0 saturated heterocycles. The molecular weight excluding hydrogens is 242 g/mol. The minimum Gasteiger partial charge on any atom is -1.00 e. The standard InChI is InChI=1S/C8H8NO2S2.ClH/c1-10-6-3-5-8(12-13-9-5)4-7(6)11-2;/h3-4H,1-2H3;1H/q+1;/p-1. The lowest BCUT2D eigenvalue weighted by Crippen LogP contribution is -3.00. The van der Waals surface area contributed by atoms with Crippen LogP contribution in [0.5, 0.6) is 5.75 Å². The minimum atomic E-state index is 0. The molecule has 1 aliphatic carbocycles. The van der Waals surface area contributed by atoms with Crippen LogP contribution in [-0.2, 0) is 0 Å². The summed E-state index contributed by atoms with van der Waals surface area (Å²) in [6.07, 6.45) is 0. The van der Waals surface area contributed by atoms with Gasteiger partial charge < -0.3 is 17.1 Å². The lowest BCUT2D eigenvalue weighted by molar-refractivity contribution is -0.00000289. The van der Waals surface area contributed by atoms with Crippen molar-refractivity contribution in [3.8, 4) is 16.3 Å². The van der Waals surface area contributed by atoms with Crippen molar-refractivity contribution in [1.82, 2.24) is 4.37 Å². The molecule has 6 heteroatoms. The first kappa shape index (κ1) is 11.4. The molecule has 0 saturated carbocycles. The summed E-state index contributed by atoms with van der Waals surface area (Å²) in [5.74, 6) is 0.730. The van der Waals surface area contributed by atoms with E-state index in [9.17, 15) is 0 Å². The summed E-state index contributed by atoms with van der Waals surface area (Å²) in [6, 6.07) is 3.84. The highest BCUT2D eigenvalue weighted by molar-refractivity contribution is 7.68. The summed E-state index contributed by atoms with van der Waals surface area (Å²) in [4.78, 5) is 1.13. The zero-order valence-electron chi connectivity index (χ0n) is 7.61.